The zero-order valence-corrected chi connectivity index (χ0v) is 16.5. The van der Waals surface area contributed by atoms with Crippen molar-refractivity contribution in [2.24, 2.45) is 0 Å². The Balaban J connectivity index is 1.84. The molecule has 1 fully saturated rings. The Hall–Kier alpha value is -1.76. The number of thiazole rings is 1. The highest BCUT2D eigenvalue weighted by atomic mass is 79.9. The molecule has 134 valence electrons. The molecule has 1 aliphatic rings. The predicted octanol–water partition coefficient (Wildman–Crippen LogP) is 5.09. The van der Waals surface area contributed by atoms with E-state index in [2.05, 4.69) is 39.0 Å². The molecule has 4 nitrogen and oxygen atoms in total. The number of aliphatic carboxylic acids is 1. The van der Waals surface area contributed by atoms with Gasteiger partial charge in [0.25, 0.3) is 0 Å². The Morgan fingerprint density at radius 3 is 2.85 bits per heavy atom. The molecule has 26 heavy (non-hydrogen) atoms. The summed E-state index contributed by atoms with van der Waals surface area (Å²) in [5.41, 5.74) is 2.04. The number of rotatable bonds is 4. The molecule has 2 heterocycles. The molecule has 2 atom stereocenters. The molecule has 2 unspecified atom stereocenters. The van der Waals surface area contributed by atoms with Gasteiger partial charge in [0.15, 0.2) is 0 Å². The number of halogens is 1. The molecule has 0 radical (unpaired) electrons. The Morgan fingerprint density at radius 2 is 2.08 bits per heavy atom. The van der Waals surface area contributed by atoms with Crippen molar-refractivity contribution in [1.29, 1.82) is 0 Å². The lowest BCUT2D eigenvalue weighted by Crippen LogP contribution is -2.46. The summed E-state index contributed by atoms with van der Waals surface area (Å²) in [7, 11) is 0. The molecule has 6 heteroatoms. The molecule has 3 aromatic rings. The van der Waals surface area contributed by atoms with Gasteiger partial charge in [0, 0.05) is 11.0 Å². The Morgan fingerprint density at radius 1 is 1.23 bits per heavy atom. The second-order valence-corrected chi connectivity index (χ2v) is 8.54. The fraction of sp³-hybridized carbons (Fsp3) is 0.300. The van der Waals surface area contributed by atoms with Gasteiger partial charge in [-0.1, -0.05) is 46.6 Å². The summed E-state index contributed by atoms with van der Waals surface area (Å²) in [5.74, 6) is -0.745. The average Bonchev–Trinajstić information content (AvgIpc) is 3.06. The van der Waals surface area contributed by atoms with Gasteiger partial charge in [-0.2, -0.15) is 0 Å². The molecule has 1 saturated heterocycles. The summed E-state index contributed by atoms with van der Waals surface area (Å²) in [5, 5.41) is 10.7. The van der Waals surface area contributed by atoms with Gasteiger partial charge in [-0.25, -0.2) is 4.98 Å². The Bertz CT molecular complexity index is 909. The van der Waals surface area contributed by atoms with Gasteiger partial charge in [0.05, 0.1) is 16.3 Å². The lowest BCUT2D eigenvalue weighted by atomic mass is 9.96. The summed E-state index contributed by atoms with van der Waals surface area (Å²) < 4.78 is 2.12. The molecule has 1 aliphatic heterocycles. The summed E-state index contributed by atoms with van der Waals surface area (Å²) in [6.07, 6.45) is 2.66. The lowest BCUT2D eigenvalue weighted by molar-refractivity contribution is -0.145. The van der Waals surface area contributed by atoms with Gasteiger partial charge in [-0.05, 0) is 42.7 Å². The van der Waals surface area contributed by atoms with Crippen molar-refractivity contribution in [3.63, 3.8) is 0 Å². The number of hydrogen-bond donors (Lipinski definition) is 1. The fourth-order valence-corrected chi connectivity index (χ4v) is 5.22. The number of para-hydroxylation sites is 1. The molecule has 4 rings (SSSR count). The minimum atomic E-state index is -0.745. The van der Waals surface area contributed by atoms with Gasteiger partial charge in [-0.15, -0.1) is 11.3 Å². The third-order valence-corrected chi connectivity index (χ3v) is 6.45. The van der Waals surface area contributed by atoms with Gasteiger partial charge < -0.3 is 5.11 Å². The second-order valence-electron chi connectivity index (χ2n) is 6.57. The van der Waals surface area contributed by atoms with Crippen molar-refractivity contribution in [2.75, 3.05) is 6.54 Å². The van der Waals surface area contributed by atoms with E-state index < -0.39 is 12.0 Å². The zero-order valence-electron chi connectivity index (χ0n) is 14.1. The van der Waals surface area contributed by atoms with Crippen LogP contribution in [0.25, 0.3) is 10.2 Å². The highest BCUT2D eigenvalue weighted by Crippen LogP contribution is 2.38. The molecule has 1 N–H and O–H groups in total. The van der Waals surface area contributed by atoms with Crippen molar-refractivity contribution in [1.82, 2.24) is 9.88 Å². The van der Waals surface area contributed by atoms with Crippen LogP contribution in [0.5, 0.6) is 0 Å². The number of benzene rings is 2. The number of aromatic nitrogens is 1. The monoisotopic (exact) mass is 430 g/mol. The van der Waals surface area contributed by atoms with Crippen molar-refractivity contribution < 1.29 is 9.90 Å². The number of fused-ring (bicyclic) bond motifs is 1. The number of nitrogens with zero attached hydrogens (tertiary/aromatic N) is 2. The molecule has 0 bridgehead atoms. The topological polar surface area (TPSA) is 53.4 Å². The molecular formula is C20H19BrN2O2S. The molecule has 1 aromatic heterocycles. The van der Waals surface area contributed by atoms with Crippen molar-refractivity contribution >= 4 is 43.5 Å². The van der Waals surface area contributed by atoms with Crippen molar-refractivity contribution in [2.45, 2.75) is 31.3 Å². The van der Waals surface area contributed by atoms with E-state index in [0.717, 1.165) is 44.6 Å². The minimum absolute atomic E-state index is 0.147. The summed E-state index contributed by atoms with van der Waals surface area (Å²) in [6, 6.07) is 15.6. The van der Waals surface area contributed by atoms with E-state index in [0.29, 0.717) is 6.42 Å². The van der Waals surface area contributed by atoms with E-state index in [4.69, 9.17) is 4.98 Å². The number of piperidine rings is 1. The first-order valence-electron chi connectivity index (χ1n) is 8.73. The Labute approximate surface area is 164 Å². The van der Waals surface area contributed by atoms with Crippen LogP contribution in [-0.2, 0) is 4.79 Å². The van der Waals surface area contributed by atoms with E-state index in [1.54, 1.807) is 11.3 Å². The highest BCUT2D eigenvalue weighted by Gasteiger charge is 2.36. The molecule has 0 aliphatic carbocycles. The maximum atomic E-state index is 11.9. The molecule has 0 spiro atoms. The summed E-state index contributed by atoms with van der Waals surface area (Å²) >= 11 is 5.21. The molecule has 2 aromatic carbocycles. The number of carbonyl (C=O) groups is 1. The second kappa shape index (κ2) is 7.47. The molecule has 0 amide bonds. The van der Waals surface area contributed by atoms with Crippen LogP contribution in [0.1, 0.15) is 35.9 Å². The number of likely N-dealkylation sites (tertiary alicyclic amines) is 1. The number of carboxylic acids is 1. The Kier molecular flexibility index (Phi) is 5.07. The van der Waals surface area contributed by atoms with Crippen LogP contribution in [0.4, 0.5) is 0 Å². The lowest BCUT2D eigenvalue weighted by Gasteiger charge is -2.38. The van der Waals surface area contributed by atoms with Gasteiger partial charge in [-0.3, -0.25) is 9.69 Å². The van der Waals surface area contributed by atoms with Crippen molar-refractivity contribution in [3.05, 3.63) is 63.6 Å². The quantitative estimate of drug-likeness (QED) is 0.626. The van der Waals surface area contributed by atoms with E-state index in [9.17, 15) is 9.90 Å². The smallest absolute Gasteiger partial charge is 0.320 e. The van der Waals surface area contributed by atoms with E-state index in [-0.39, 0.29) is 6.04 Å². The van der Waals surface area contributed by atoms with Crippen LogP contribution in [-0.4, -0.2) is 33.5 Å². The maximum Gasteiger partial charge on any atom is 0.320 e. The normalized spacial score (nSPS) is 19.5. The van der Waals surface area contributed by atoms with E-state index in [1.807, 2.05) is 30.3 Å². The third kappa shape index (κ3) is 3.41. The minimum Gasteiger partial charge on any atom is -0.480 e. The van der Waals surface area contributed by atoms with E-state index in [1.165, 1.54) is 0 Å². The van der Waals surface area contributed by atoms with Crippen LogP contribution < -0.4 is 0 Å². The first kappa shape index (κ1) is 17.6. The predicted molar refractivity (Wildman–Crippen MR) is 108 cm³/mol. The molecular weight excluding hydrogens is 412 g/mol. The van der Waals surface area contributed by atoms with Gasteiger partial charge in [0.1, 0.15) is 11.0 Å². The average molecular weight is 431 g/mol. The maximum absolute atomic E-state index is 11.9. The van der Waals surface area contributed by atoms with Crippen LogP contribution in [0.2, 0.25) is 0 Å². The largest absolute Gasteiger partial charge is 0.480 e. The van der Waals surface area contributed by atoms with Gasteiger partial charge in [0.2, 0.25) is 0 Å². The SMILES string of the molecule is O=C(O)C1CCCCN1C(c1cccc(Br)c1)c1nc2ccccc2s1. The third-order valence-electron chi connectivity index (χ3n) is 4.87. The van der Waals surface area contributed by atoms with Crippen LogP contribution >= 0.6 is 27.3 Å². The fourth-order valence-electron chi connectivity index (χ4n) is 3.69. The summed E-state index contributed by atoms with van der Waals surface area (Å²) in [4.78, 5) is 18.9. The highest BCUT2D eigenvalue weighted by molar-refractivity contribution is 9.10. The first-order chi connectivity index (χ1) is 12.6. The van der Waals surface area contributed by atoms with Crippen LogP contribution in [0.15, 0.2) is 53.0 Å². The number of hydrogen-bond acceptors (Lipinski definition) is 4. The van der Waals surface area contributed by atoms with Crippen molar-refractivity contribution in [3.8, 4) is 0 Å². The standard InChI is InChI=1S/C20H19BrN2O2S/c21-14-7-5-6-13(12-14)18(23-11-4-3-9-16(23)20(24)25)19-22-15-8-1-2-10-17(15)26-19/h1-2,5-8,10,12,16,18H,3-4,9,11H2,(H,24,25). The van der Waals surface area contributed by atoms with E-state index >= 15 is 0 Å². The van der Waals surface area contributed by atoms with Crippen LogP contribution in [0.3, 0.4) is 0 Å². The van der Waals surface area contributed by atoms with Crippen LogP contribution in [0, 0.1) is 0 Å². The zero-order chi connectivity index (χ0) is 18.1. The van der Waals surface area contributed by atoms with Gasteiger partial charge >= 0.3 is 5.97 Å². The number of carboxylic acid groups (broad SMARTS) is 1. The first-order valence-corrected chi connectivity index (χ1v) is 10.3. The molecule has 0 saturated carbocycles. The summed E-state index contributed by atoms with van der Waals surface area (Å²) in [6.45, 7) is 0.768.